The Morgan fingerprint density at radius 3 is 2.39 bits per heavy atom. The summed E-state index contributed by atoms with van der Waals surface area (Å²) in [6.45, 7) is 7.17. The first-order chi connectivity index (χ1) is 16.1. The maximum absolute atomic E-state index is 4.93. The second-order valence-corrected chi connectivity index (χ2v) is 8.65. The van der Waals surface area contributed by atoms with Gasteiger partial charge in [-0.1, -0.05) is 74.0 Å². The van der Waals surface area contributed by atoms with Crippen LogP contribution in [0.1, 0.15) is 25.0 Å². The van der Waals surface area contributed by atoms with Gasteiger partial charge in [-0.3, -0.25) is 4.98 Å². The van der Waals surface area contributed by atoms with Gasteiger partial charge in [0.15, 0.2) is 0 Å². The molecule has 0 radical (unpaired) electrons. The van der Waals surface area contributed by atoms with Gasteiger partial charge in [-0.15, -0.1) is 0 Å². The molecule has 0 aliphatic carbocycles. The minimum atomic E-state index is 0.261. The molecule has 168 valence electrons. The fourth-order valence-electron chi connectivity index (χ4n) is 4.00. The molecule has 2 heterocycles. The average Bonchev–Trinajstić information content (AvgIpc) is 2.83. The van der Waals surface area contributed by atoms with Crippen LogP contribution in [0, 0.1) is 6.92 Å². The largest absolute Gasteiger partial charge is 0.353 e. The van der Waals surface area contributed by atoms with Gasteiger partial charge in [0.05, 0.1) is 5.69 Å². The number of hydrogen-bond acceptors (Lipinski definition) is 5. The number of nitrogens with zero attached hydrogens (tertiary/aromatic N) is 3. The molecule has 0 saturated carbocycles. The molecular formula is C28H31N5. The molecule has 2 aromatic heterocycles. The van der Waals surface area contributed by atoms with E-state index < -0.39 is 0 Å². The van der Waals surface area contributed by atoms with E-state index in [0.717, 1.165) is 35.3 Å². The van der Waals surface area contributed by atoms with Crippen LogP contribution in [-0.4, -0.2) is 33.6 Å². The first-order valence-corrected chi connectivity index (χ1v) is 11.5. The molecule has 0 unspecified atom stereocenters. The molecule has 0 aliphatic heterocycles. The van der Waals surface area contributed by atoms with E-state index in [-0.39, 0.29) is 6.04 Å². The second kappa shape index (κ2) is 10.8. The fraction of sp³-hybridized carbons (Fsp3) is 0.250. The molecule has 0 fully saturated rings. The normalized spacial score (nSPS) is 12.0. The van der Waals surface area contributed by atoms with Gasteiger partial charge >= 0.3 is 0 Å². The summed E-state index contributed by atoms with van der Waals surface area (Å²) in [5, 5.41) is 7.13. The lowest BCUT2D eigenvalue weighted by Gasteiger charge is -2.22. The number of hydrogen-bond donors (Lipinski definition) is 2. The van der Waals surface area contributed by atoms with Crippen molar-refractivity contribution in [2.24, 2.45) is 0 Å². The number of nitrogens with one attached hydrogen (secondary N) is 2. The minimum absolute atomic E-state index is 0.261. The highest BCUT2D eigenvalue weighted by molar-refractivity contribution is 5.80. The monoisotopic (exact) mass is 437 g/mol. The fourth-order valence-corrected chi connectivity index (χ4v) is 4.00. The Bertz CT molecular complexity index is 1160. The highest BCUT2D eigenvalue weighted by atomic mass is 15.1. The van der Waals surface area contributed by atoms with E-state index in [1.165, 1.54) is 11.1 Å². The summed E-state index contributed by atoms with van der Waals surface area (Å²) in [4.78, 5) is 13.8. The smallest absolute Gasteiger partial charge is 0.223 e. The Balaban J connectivity index is 1.59. The molecule has 0 saturated heterocycles. The molecule has 2 N–H and O–H groups in total. The van der Waals surface area contributed by atoms with Crippen molar-refractivity contribution in [3.8, 4) is 22.4 Å². The molecule has 5 nitrogen and oxygen atoms in total. The second-order valence-electron chi connectivity index (χ2n) is 8.65. The number of rotatable bonds is 9. The average molecular weight is 438 g/mol. The molecular weight excluding hydrogens is 406 g/mol. The van der Waals surface area contributed by atoms with Gasteiger partial charge in [0.25, 0.3) is 0 Å². The van der Waals surface area contributed by atoms with Gasteiger partial charge in [-0.25, -0.2) is 9.97 Å². The van der Waals surface area contributed by atoms with E-state index in [0.29, 0.717) is 12.0 Å². The third-order valence-corrected chi connectivity index (χ3v) is 5.47. The Hall–Kier alpha value is -3.57. The van der Waals surface area contributed by atoms with Crippen LogP contribution >= 0.6 is 0 Å². The Morgan fingerprint density at radius 1 is 0.879 bits per heavy atom. The number of pyridine rings is 1. The predicted molar refractivity (Wildman–Crippen MR) is 136 cm³/mol. The van der Waals surface area contributed by atoms with Crippen molar-refractivity contribution >= 4 is 5.95 Å². The molecule has 4 rings (SSSR count). The maximum atomic E-state index is 4.93. The zero-order valence-corrected chi connectivity index (χ0v) is 19.5. The van der Waals surface area contributed by atoms with E-state index in [4.69, 9.17) is 4.98 Å². The van der Waals surface area contributed by atoms with E-state index in [1.54, 1.807) is 12.4 Å². The van der Waals surface area contributed by atoms with Crippen LogP contribution in [0.4, 0.5) is 5.95 Å². The Morgan fingerprint density at radius 2 is 1.67 bits per heavy atom. The van der Waals surface area contributed by atoms with Crippen LogP contribution in [0.3, 0.4) is 0 Å². The van der Waals surface area contributed by atoms with Crippen LogP contribution in [0.5, 0.6) is 0 Å². The van der Waals surface area contributed by atoms with E-state index in [2.05, 4.69) is 96.0 Å². The van der Waals surface area contributed by atoms with Gasteiger partial charge in [0.2, 0.25) is 5.95 Å². The van der Waals surface area contributed by atoms with Crippen LogP contribution < -0.4 is 10.6 Å². The molecule has 0 spiro atoms. The van der Waals surface area contributed by atoms with Gasteiger partial charge in [0, 0.05) is 48.3 Å². The number of anilines is 1. The molecule has 0 aliphatic rings. The van der Waals surface area contributed by atoms with Crippen molar-refractivity contribution in [3.63, 3.8) is 0 Å². The van der Waals surface area contributed by atoms with E-state index in [1.807, 2.05) is 18.3 Å². The number of benzene rings is 2. The van der Waals surface area contributed by atoms with Crippen molar-refractivity contribution in [2.75, 3.05) is 11.9 Å². The summed E-state index contributed by atoms with van der Waals surface area (Å²) in [6, 6.07) is 23.6. The SMILES string of the molecule is Cc1cccc(-c2cnc(NC[C@H](Cc3ccccc3)NC(C)C)nc2-c2ccncc2)c1. The molecule has 1 atom stereocenters. The van der Waals surface area contributed by atoms with Gasteiger partial charge in [-0.2, -0.15) is 0 Å². The molecule has 2 aromatic carbocycles. The van der Waals surface area contributed by atoms with Crippen molar-refractivity contribution in [1.29, 1.82) is 0 Å². The summed E-state index contributed by atoms with van der Waals surface area (Å²) in [7, 11) is 0. The lowest BCUT2D eigenvalue weighted by Crippen LogP contribution is -2.41. The third kappa shape index (κ3) is 6.24. The number of aromatic nitrogens is 3. The lowest BCUT2D eigenvalue weighted by atomic mass is 10.00. The summed E-state index contributed by atoms with van der Waals surface area (Å²) in [6.07, 6.45) is 6.45. The van der Waals surface area contributed by atoms with Crippen molar-refractivity contribution in [1.82, 2.24) is 20.3 Å². The molecule has 5 heteroatoms. The van der Waals surface area contributed by atoms with Crippen LogP contribution in [0.25, 0.3) is 22.4 Å². The Kier molecular flexibility index (Phi) is 7.43. The zero-order chi connectivity index (χ0) is 23.0. The standard InChI is InChI=1S/C28H31N5/c1-20(2)32-25(17-22-9-5-4-6-10-22)18-30-28-31-19-26(24-11-7-8-21(3)16-24)27(33-28)23-12-14-29-15-13-23/h4-16,19-20,25,32H,17-18H2,1-3H3,(H,30,31,33)/t25-/m0/s1. The summed E-state index contributed by atoms with van der Waals surface area (Å²) >= 11 is 0. The van der Waals surface area contributed by atoms with Crippen LogP contribution in [0.2, 0.25) is 0 Å². The molecule has 33 heavy (non-hydrogen) atoms. The highest BCUT2D eigenvalue weighted by Crippen LogP contribution is 2.31. The lowest BCUT2D eigenvalue weighted by molar-refractivity contribution is 0.473. The molecule has 0 bridgehead atoms. The molecule has 4 aromatic rings. The summed E-state index contributed by atoms with van der Waals surface area (Å²) in [5.74, 6) is 0.627. The minimum Gasteiger partial charge on any atom is -0.353 e. The first-order valence-electron chi connectivity index (χ1n) is 11.5. The maximum Gasteiger partial charge on any atom is 0.223 e. The van der Waals surface area contributed by atoms with E-state index >= 15 is 0 Å². The van der Waals surface area contributed by atoms with Crippen molar-refractivity contribution in [2.45, 2.75) is 39.3 Å². The van der Waals surface area contributed by atoms with Gasteiger partial charge in [0.1, 0.15) is 0 Å². The summed E-state index contributed by atoms with van der Waals surface area (Å²) < 4.78 is 0. The van der Waals surface area contributed by atoms with Crippen LogP contribution in [0.15, 0.2) is 85.3 Å². The van der Waals surface area contributed by atoms with Crippen molar-refractivity contribution in [3.05, 3.63) is 96.4 Å². The highest BCUT2D eigenvalue weighted by Gasteiger charge is 2.15. The van der Waals surface area contributed by atoms with Crippen molar-refractivity contribution < 1.29 is 0 Å². The summed E-state index contributed by atoms with van der Waals surface area (Å²) in [5.41, 5.74) is 6.56. The predicted octanol–water partition coefficient (Wildman–Crippen LogP) is 5.54. The zero-order valence-electron chi connectivity index (χ0n) is 19.5. The first kappa shape index (κ1) is 22.6. The third-order valence-electron chi connectivity index (χ3n) is 5.47. The quantitative estimate of drug-likeness (QED) is 0.360. The molecule has 0 amide bonds. The van der Waals surface area contributed by atoms with Gasteiger partial charge < -0.3 is 10.6 Å². The van der Waals surface area contributed by atoms with Gasteiger partial charge in [-0.05, 0) is 36.6 Å². The Labute approximate surface area is 196 Å². The van der Waals surface area contributed by atoms with Crippen LogP contribution in [-0.2, 0) is 6.42 Å². The van der Waals surface area contributed by atoms with E-state index in [9.17, 15) is 0 Å². The topological polar surface area (TPSA) is 62.7 Å². The number of aryl methyl sites for hydroxylation is 1.